The summed E-state index contributed by atoms with van der Waals surface area (Å²) in [6, 6.07) is -0.340. The molecular weight excluding hydrogens is 290 g/mol. The van der Waals surface area contributed by atoms with Crippen molar-refractivity contribution in [1.29, 1.82) is 0 Å². The van der Waals surface area contributed by atoms with E-state index in [4.69, 9.17) is 0 Å². The number of amides is 2. The van der Waals surface area contributed by atoms with E-state index in [1.54, 1.807) is 23.3 Å². The van der Waals surface area contributed by atoms with Crippen LogP contribution in [-0.2, 0) is 16.1 Å². The highest BCUT2D eigenvalue weighted by molar-refractivity contribution is 7.13. The first-order valence-electron chi connectivity index (χ1n) is 6.97. The second kappa shape index (κ2) is 5.61. The lowest BCUT2D eigenvalue weighted by atomic mass is 10.1. The SMILES string of the molecule is CNc1nc(CN2CCN3C(=O)CN(C)C(=O)C3C2)cs1. The Morgan fingerprint density at radius 1 is 1.43 bits per heavy atom. The average Bonchev–Trinajstić information content (AvgIpc) is 2.92. The van der Waals surface area contributed by atoms with Gasteiger partial charge in [0.1, 0.15) is 6.04 Å². The summed E-state index contributed by atoms with van der Waals surface area (Å²) >= 11 is 1.57. The molecule has 1 unspecified atom stereocenters. The number of nitrogens with zero attached hydrogens (tertiary/aromatic N) is 4. The number of carbonyl (C=O) groups is 2. The lowest BCUT2D eigenvalue weighted by molar-refractivity contribution is -0.158. The van der Waals surface area contributed by atoms with Crippen LogP contribution in [0.15, 0.2) is 5.38 Å². The summed E-state index contributed by atoms with van der Waals surface area (Å²) in [5, 5.41) is 5.95. The molecule has 2 saturated heterocycles. The van der Waals surface area contributed by atoms with Crippen molar-refractivity contribution in [1.82, 2.24) is 19.7 Å². The highest BCUT2D eigenvalue weighted by Crippen LogP contribution is 2.20. The fourth-order valence-electron chi connectivity index (χ4n) is 2.84. The van der Waals surface area contributed by atoms with Crippen LogP contribution in [0.4, 0.5) is 5.13 Å². The number of likely N-dealkylation sites (N-methyl/N-ethyl adjacent to an activating group) is 1. The van der Waals surface area contributed by atoms with E-state index < -0.39 is 0 Å². The minimum Gasteiger partial charge on any atom is -0.365 e. The number of hydrogen-bond acceptors (Lipinski definition) is 6. The van der Waals surface area contributed by atoms with Gasteiger partial charge in [0.05, 0.1) is 12.2 Å². The number of thiazole rings is 1. The Balaban J connectivity index is 1.67. The number of nitrogens with one attached hydrogen (secondary N) is 1. The molecule has 0 bridgehead atoms. The summed E-state index contributed by atoms with van der Waals surface area (Å²) in [6.45, 7) is 2.90. The summed E-state index contributed by atoms with van der Waals surface area (Å²) in [5.41, 5.74) is 1.00. The van der Waals surface area contributed by atoms with Crippen molar-refractivity contribution in [2.75, 3.05) is 45.6 Å². The van der Waals surface area contributed by atoms with Gasteiger partial charge in [0.15, 0.2) is 5.13 Å². The molecule has 114 valence electrons. The zero-order valence-electron chi connectivity index (χ0n) is 12.2. The third-order valence-corrected chi connectivity index (χ3v) is 4.88. The van der Waals surface area contributed by atoms with Gasteiger partial charge in [-0.15, -0.1) is 11.3 Å². The summed E-state index contributed by atoms with van der Waals surface area (Å²) in [5.74, 6) is 0.0846. The van der Waals surface area contributed by atoms with Crippen molar-refractivity contribution in [2.24, 2.45) is 0 Å². The molecule has 2 aliphatic heterocycles. The third-order valence-electron chi connectivity index (χ3n) is 3.97. The molecule has 0 saturated carbocycles. The molecule has 3 rings (SSSR count). The topological polar surface area (TPSA) is 68.8 Å². The van der Waals surface area contributed by atoms with Gasteiger partial charge in [-0.25, -0.2) is 4.98 Å². The van der Waals surface area contributed by atoms with E-state index in [2.05, 4.69) is 15.2 Å². The zero-order chi connectivity index (χ0) is 15.0. The van der Waals surface area contributed by atoms with Crippen LogP contribution in [0, 0.1) is 0 Å². The van der Waals surface area contributed by atoms with Gasteiger partial charge in [-0.05, 0) is 0 Å². The molecule has 21 heavy (non-hydrogen) atoms. The van der Waals surface area contributed by atoms with Crippen molar-refractivity contribution in [3.63, 3.8) is 0 Å². The van der Waals surface area contributed by atoms with Crippen molar-refractivity contribution in [3.05, 3.63) is 11.1 Å². The van der Waals surface area contributed by atoms with Crippen LogP contribution in [0.2, 0.25) is 0 Å². The predicted octanol–water partition coefficient (Wildman–Crippen LogP) is -0.330. The first-order chi connectivity index (χ1) is 10.1. The van der Waals surface area contributed by atoms with Gasteiger partial charge in [0, 0.05) is 45.7 Å². The summed E-state index contributed by atoms with van der Waals surface area (Å²) < 4.78 is 0. The van der Waals surface area contributed by atoms with E-state index in [1.807, 2.05) is 12.4 Å². The van der Waals surface area contributed by atoms with E-state index in [1.165, 1.54) is 4.90 Å². The Morgan fingerprint density at radius 3 is 2.95 bits per heavy atom. The fourth-order valence-corrected chi connectivity index (χ4v) is 3.51. The molecule has 7 nitrogen and oxygen atoms in total. The van der Waals surface area contributed by atoms with Crippen molar-refractivity contribution in [2.45, 2.75) is 12.6 Å². The molecule has 3 heterocycles. The molecular formula is C13H19N5O2S. The number of carbonyl (C=O) groups excluding carboxylic acids is 2. The Morgan fingerprint density at radius 2 is 2.24 bits per heavy atom. The van der Waals surface area contributed by atoms with Crippen LogP contribution in [0.25, 0.3) is 0 Å². The monoisotopic (exact) mass is 309 g/mol. The van der Waals surface area contributed by atoms with Crippen LogP contribution in [0.1, 0.15) is 5.69 Å². The summed E-state index contributed by atoms with van der Waals surface area (Å²) in [7, 11) is 3.54. The van der Waals surface area contributed by atoms with E-state index >= 15 is 0 Å². The number of piperazine rings is 2. The standard InChI is InChI=1S/C13H19N5O2S/c1-14-13-15-9(8-21-13)5-17-3-4-18-10(6-17)12(20)16(2)7-11(18)19/h8,10H,3-7H2,1-2H3,(H,14,15). The Labute approximate surface area is 127 Å². The van der Waals surface area contributed by atoms with Crippen molar-refractivity contribution in [3.8, 4) is 0 Å². The van der Waals surface area contributed by atoms with Gasteiger partial charge < -0.3 is 15.1 Å². The molecule has 0 spiro atoms. The van der Waals surface area contributed by atoms with Crippen molar-refractivity contribution < 1.29 is 9.59 Å². The molecule has 8 heteroatoms. The smallest absolute Gasteiger partial charge is 0.246 e. The molecule has 1 aromatic heterocycles. The third kappa shape index (κ3) is 2.73. The Bertz CT molecular complexity index is 561. The highest BCUT2D eigenvalue weighted by atomic mass is 32.1. The van der Waals surface area contributed by atoms with Gasteiger partial charge in [-0.1, -0.05) is 0 Å². The van der Waals surface area contributed by atoms with Gasteiger partial charge >= 0.3 is 0 Å². The molecule has 1 aromatic rings. The normalized spacial score (nSPS) is 23.4. The lowest BCUT2D eigenvalue weighted by Crippen LogP contribution is -2.65. The zero-order valence-corrected chi connectivity index (χ0v) is 13.0. The quantitative estimate of drug-likeness (QED) is 0.828. The molecule has 0 aliphatic carbocycles. The molecule has 0 aromatic carbocycles. The van der Waals surface area contributed by atoms with Gasteiger partial charge in [-0.2, -0.15) is 0 Å². The number of hydrogen-bond donors (Lipinski definition) is 1. The second-order valence-corrected chi connectivity index (χ2v) is 6.28. The van der Waals surface area contributed by atoms with E-state index in [0.29, 0.717) is 19.6 Å². The first kappa shape index (κ1) is 14.3. The van der Waals surface area contributed by atoms with Crippen LogP contribution < -0.4 is 5.32 Å². The maximum Gasteiger partial charge on any atom is 0.246 e. The Hall–Kier alpha value is -1.67. The molecule has 1 atom stereocenters. The molecule has 2 amide bonds. The largest absolute Gasteiger partial charge is 0.365 e. The van der Waals surface area contributed by atoms with Crippen LogP contribution in [0.5, 0.6) is 0 Å². The number of fused-ring (bicyclic) bond motifs is 1. The van der Waals surface area contributed by atoms with Gasteiger partial charge in [0.25, 0.3) is 0 Å². The minimum absolute atomic E-state index is 0.0356. The van der Waals surface area contributed by atoms with E-state index in [-0.39, 0.29) is 24.4 Å². The number of aromatic nitrogens is 1. The maximum atomic E-state index is 12.2. The van der Waals surface area contributed by atoms with Gasteiger partial charge in [0.2, 0.25) is 11.8 Å². The highest BCUT2D eigenvalue weighted by Gasteiger charge is 2.41. The predicted molar refractivity (Wildman–Crippen MR) is 80.1 cm³/mol. The van der Waals surface area contributed by atoms with E-state index in [9.17, 15) is 9.59 Å². The fraction of sp³-hybridized carbons (Fsp3) is 0.615. The molecule has 2 aliphatic rings. The van der Waals surface area contributed by atoms with E-state index in [0.717, 1.165) is 17.4 Å². The second-order valence-electron chi connectivity index (χ2n) is 5.43. The minimum atomic E-state index is -0.340. The Kier molecular flexibility index (Phi) is 3.81. The first-order valence-corrected chi connectivity index (χ1v) is 7.85. The average molecular weight is 309 g/mol. The van der Waals surface area contributed by atoms with Crippen LogP contribution in [0.3, 0.4) is 0 Å². The van der Waals surface area contributed by atoms with Gasteiger partial charge in [-0.3, -0.25) is 14.5 Å². The molecule has 1 N–H and O–H groups in total. The van der Waals surface area contributed by atoms with Crippen LogP contribution >= 0.6 is 11.3 Å². The summed E-state index contributed by atoms with van der Waals surface area (Å²) in [6.07, 6.45) is 0. The molecule has 0 radical (unpaired) electrons. The van der Waals surface area contributed by atoms with Crippen LogP contribution in [-0.4, -0.2) is 77.8 Å². The van der Waals surface area contributed by atoms with Crippen molar-refractivity contribution >= 4 is 28.3 Å². The lowest BCUT2D eigenvalue weighted by Gasteiger charge is -2.45. The molecule has 2 fully saturated rings. The summed E-state index contributed by atoms with van der Waals surface area (Å²) in [4.78, 5) is 34.1. The number of rotatable bonds is 3. The number of anilines is 1. The maximum absolute atomic E-state index is 12.2.